The number of benzene rings is 4. The van der Waals surface area contributed by atoms with E-state index in [9.17, 15) is 14.4 Å². The minimum Gasteiger partial charge on any atom is -0.495 e. The summed E-state index contributed by atoms with van der Waals surface area (Å²) in [7, 11) is 14.0. The van der Waals surface area contributed by atoms with E-state index in [4.69, 9.17) is 104 Å². The van der Waals surface area contributed by atoms with Crippen LogP contribution in [0.15, 0.2) is 102 Å². The number of carbonyl (C=O) groups is 3. The molecule has 11 aromatic heterocycles. The van der Waals surface area contributed by atoms with Crippen LogP contribution >= 0.6 is 34.8 Å². The number of rotatable bonds is 24. The van der Waals surface area contributed by atoms with Gasteiger partial charge < -0.3 is 60.6 Å². The summed E-state index contributed by atoms with van der Waals surface area (Å²) in [4.78, 5) is 90.4. The number of nitrogen functional groups attached to an aromatic ring is 1. The first kappa shape index (κ1) is 101. The largest absolute Gasteiger partial charge is 0.495 e. The lowest BCUT2D eigenvalue weighted by molar-refractivity contribution is -0.120. The highest BCUT2D eigenvalue weighted by Gasteiger charge is 2.35. The molecule has 0 bridgehead atoms. The lowest BCUT2D eigenvalue weighted by Gasteiger charge is -2.25. The van der Waals surface area contributed by atoms with Gasteiger partial charge in [-0.05, 0) is 243 Å². The smallest absolute Gasteiger partial charge is 0.220 e. The van der Waals surface area contributed by atoms with Crippen molar-refractivity contribution in [2.75, 3.05) is 69.9 Å². The van der Waals surface area contributed by atoms with Crippen molar-refractivity contribution in [3.63, 3.8) is 0 Å². The van der Waals surface area contributed by atoms with Gasteiger partial charge in [0, 0.05) is 119 Å². The molecule has 41 heteroatoms. The van der Waals surface area contributed by atoms with Crippen LogP contribution in [0.3, 0.4) is 0 Å². The molecule has 4 aromatic carbocycles. The summed E-state index contributed by atoms with van der Waals surface area (Å²) in [6.45, 7) is 17.6. The zero-order valence-electron chi connectivity index (χ0n) is 83.2. The number of anilines is 7. The molecule has 3 unspecified atom stereocenters. The number of Topliss-reactive ketones (excluding diaryl/α,β-unsaturated/α-hetero) is 2. The minimum atomic E-state index is -0.130. The van der Waals surface area contributed by atoms with Gasteiger partial charge in [-0.25, -0.2) is 68.6 Å². The molecule has 3 saturated heterocycles. The predicted octanol–water partition coefficient (Wildman–Crippen LogP) is 18.9. The van der Waals surface area contributed by atoms with Crippen molar-refractivity contribution in [3.05, 3.63) is 170 Å². The molecule has 15 aromatic rings. The Morgan fingerprint density at radius 2 is 0.741 bits per heavy atom. The number of hydrogen-bond acceptors (Lipinski definition) is 30. The van der Waals surface area contributed by atoms with Crippen LogP contribution in [-0.4, -0.2) is 179 Å². The van der Waals surface area contributed by atoms with Crippen molar-refractivity contribution in [1.29, 1.82) is 0 Å². The van der Waals surface area contributed by atoms with E-state index in [1.165, 1.54) is 0 Å². The third-order valence-electron chi connectivity index (χ3n) is 25.5. The highest BCUT2D eigenvalue weighted by atomic mass is 35.5. The Kier molecular flexibility index (Phi) is 30.9. The summed E-state index contributed by atoms with van der Waals surface area (Å²) in [5, 5.41) is 29.0. The minimum absolute atomic E-state index is 0.00853. The van der Waals surface area contributed by atoms with Gasteiger partial charge in [0.1, 0.15) is 127 Å². The summed E-state index contributed by atoms with van der Waals surface area (Å²) >= 11 is 18.5. The first-order chi connectivity index (χ1) is 68.8. The van der Waals surface area contributed by atoms with Gasteiger partial charge in [-0.2, -0.15) is 20.4 Å². The highest BCUT2D eigenvalue weighted by molar-refractivity contribution is 6.37. The van der Waals surface area contributed by atoms with E-state index in [-0.39, 0.29) is 53.9 Å². The number of nitrogens with zero attached hydrogens (tertiary/aromatic N) is 23. The first-order valence-electron chi connectivity index (χ1n) is 48.1. The standard InChI is InChI=1S/C28H33N7O3.C24H26N6O2.C23H26ClN7O2.C12H13Cl2N3O.C11H14N4O.C4H7NO/c1-16-29-27(34(3)33-16)19-10-11-21(24(13-19)37-4)32-22-14-20(15-23(36)18-8-9-18)31-28-26(22)30-17(2)35(28)25-7-5-6-12-38-25;1-13-9-19-23(25-13)20(11-17(27-19)12-21(31)15-5-6-15)28-18-8-7-16(10-22(18)32-4)24-26-14(2)29-30(24)3;1-13-25-22(30(3)29-13)15-8-9-16(18(11-15)32-4)27-17-12-19(24)28-23-21(17)26-14(2)31(23)20-7-5-6-10-33-20;1-7-15-11-8(13)6-9(14)16-12(11)17(7)10-4-2-3-5-18-10;1-7-13-11(15(2)14-7)8-4-5-9(12)10(6-8)16-3;5-4(6)3-1-2-3/h10-11,13-14,18,25H,5-9,12,15H2,1-4H3,(H,31,32);7-8,10-11,15H,5-6,9,12H2,1-4H3,(H,27,28);8-9,11-12,20H,5-7,10H2,1-4H3,(H,27,28);6,10H,2-5H2,1H3;4-6H,12H2,1-3H3;3H,1-2H2,(H2,5,6). The number of nitrogens with two attached hydrogens (primary N) is 2. The number of aliphatic imine (C=N–C) groups is 1. The number of amides is 1. The van der Waals surface area contributed by atoms with Crippen molar-refractivity contribution in [2.24, 2.45) is 56.7 Å². The summed E-state index contributed by atoms with van der Waals surface area (Å²) < 4.78 is 53.3. The average Bonchev–Trinajstić information content (AvgIpc) is 1.62. The maximum atomic E-state index is 12.7. The van der Waals surface area contributed by atoms with Crippen LogP contribution in [0, 0.1) is 66.2 Å². The van der Waals surface area contributed by atoms with Gasteiger partial charge in [-0.3, -0.25) is 38.1 Å². The highest BCUT2D eigenvalue weighted by Crippen LogP contribution is 2.45. The Balaban J connectivity index is 0.000000124. The fourth-order valence-electron chi connectivity index (χ4n) is 18.1. The van der Waals surface area contributed by atoms with Crippen molar-refractivity contribution in [3.8, 4) is 68.5 Å². The van der Waals surface area contributed by atoms with E-state index in [0.717, 1.165) is 276 Å². The van der Waals surface area contributed by atoms with Crippen LogP contribution in [0.5, 0.6) is 23.0 Å². The van der Waals surface area contributed by atoms with Gasteiger partial charge in [-0.15, -0.1) is 0 Å². The molecular formula is C102H119Cl3N28O10. The monoisotopic (exact) mass is 2000 g/mol. The summed E-state index contributed by atoms with van der Waals surface area (Å²) in [6.07, 6.45) is 16.6. The second-order valence-electron chi connectivity index (χ2n) is 36.6. The number of pyridine rings is 4. The van der Waals surface area contributed by atoms with Crippen LogP contribution in [0.25, 0.3) is 79.0 Å². The van der Waals surface area contributed by atoms with Crippen molar-refractivity contribution in [1.82, 2.24) is 108 Å². The number of fused-ring (bicyclic) bond motifs is 4. The number of aryl methyl sites for hydroxylation is 11. The number of carbonyl (C=O) groups excluding carboxylic acids is 3. The molecule has 3 atom stereocenters. The van der Waals surface area contributed by atoms with Gasteiger partial charge in [0.05, 0.1) is 90.4 Å². The Morgan fingerprint density at radius 1 is 0.392 bits per heavy atom. The van der Waals surface area contributed by atoms with Crippen LogP contribution in [-0.2, 0) is 76.0 Å². The number of imidazole rings is 3. The van der Waals surface area contributed by atoms with E-state index in [1.807, 2.05) is 172 Å². The Bertz CT molecular complexity index is 7290. The number of aromatic nitrogens is 22. The quantitative estimate of drug-likeness (QED) is 0.0277. The molecule has 3 saturated carbocycles. The van der Waals surface area contributed by atoms with E-state index in [2.05, 4.69) is 75.8 Å². The summed E-state index contributed by atoms with van der Waals surface area (Å²) in [5.41, 5.74) is 28.3. The number of ether oxygens (including phenoxy) is 7. The molecule has 7 N–H and O–H groups in total. The predicted molar refractivity (Wildman–Crippen MR) is 549 cm³/mol. The second-order valence-corrected chi connectivity index (χ2v) is 37.8. The van der Waals surface area contributed by atoms with Crippen LogP contribution < -0.4 is 46.4 Å². The van der Waals surface area contributed by atoms with Crippen molar-refractivity contribution < 1.29 is 47.5 Å². The fraction of sp³-hybridized carbons (Fsp3) is 0.422. The van der Waals surface area contributed by atoms with Gasteiger partial charge in [0.15, 0.2) is 40.2 Å². The molecule has 0 spiro atoms. The van der Waals surface area contributed by atoms with Gasteiger partial charge in [-0.1, -0.05) is 34.8 Å². The SMILES string of the molecule is COc1cc(-c2nc(C)nn2C)ccc1N.COc1cc(-c2nc(C)nn2C)ccc1Nc1cc(CC(=O)C2CC2)nc2c1N=C(C)C2.COc1cc(-c2nc(C)nn2C)ccc1Nc1cc(CC(=O)C2CC2)nc2c1nc(C)n2C1CCCCO1.COc1cc(-c2nc(C)nn2C)ccc1Nc1cc(Cl)nc2c1nc(C)n2C1CCCCO1.Cc1nc2c(Cl)cc(Cl)nc2n1C1CCCCO1.NC(=O)C1CC1. The molecule has 22 rings (SSSR count). The van der Waals surface area contributed by atoms with Crippen LogP contribution in [0.2, 0.25) is 15.3 Å². The molecule has 7 aliphatic rings. The number of nitrogens with one attached hydrogen (secondary N) is 3. The molecule has 0 radical (unpaired) electrons. The van der Waals surface area contributed by atoms with Gasteiger partial charge in [0.2, 0.25) is 5.91 Å². The summed E-state index contributed by atoms with van der Waals surface area (Å²) in [5.74, 6) is 12.2. The Morgan fingerprint density at radius 3 is 1.10 bits per heavy atom. The third-order valence-corrected chi connectivity index (χ3v) is 26.2. The van der Waals surface area contributed by atoms with Crippen LogP contribution in [0.4, 0.5) is 45.5 Å². The van der Waals surface area contributed by atoms with Gasteiger partial charge >= 0.3 is 0 Å². The average molecular weight is 2000 g/mol. The molecular weight excluding hydrogens is 1880 g/mol. The van der Waals surface area contributed by atoms with Crippen LogP contribution in [0.1, 0.15) is 180 Å². The Hall–Kier alpha value is -13.9. The molecule has 143 heavy (non-hydrogen) atoms. The van der Waals surface area contributed by atoms with Gasteiger partial charge in [0.25, 0.3) is 0 Å². The van der Waals surface area contributed by atoms with Crippen molar-refractivity contribution in [2.45, 2.75) is 190 Å². The molecule has 15 heterocycles. The van der Waals surface area contributed by atoms with Crippen molar-refractivity contribution >= 4 is 137 Å². The zero-order valence-corrected chi connectivity index (χ0v) is 85.5. The first-order valence-corrected chi connectivity index (χ1v) is 49.2. The fourth-order valence-corrected chi connectivity index (χ4v) is 18.8. The van der Waals surface area contributed by atoms with E-state index in [0.29, 0.717) is 85.9 Å². The summed E-state index contributed by atoms with van der Waals surface area (Å²) in [6, 6.07) is 30.5. The lowest BCUT2D eigenvalue weighted by atomic mass is 10.1. The molecule has 6 fully saturated rings. The number of methoxy groups -OCH3 is 4. The second kappa shape index (κ2) is 43.9. The number of halogens is 3. The van der Waals surface area contributed by atoms with E-state index < -0.39 is 0 Å². The number of ketones is 2. The molecule has 748 valence electrons. The maximum Gasteiger partial charge on any atom is 0.220 e. The number of primary amides is 1. The topological polar surface area (TPSA) is 444 Å². The Labute approximate surface area is 842 Å². The molecule has 38 nitrogen and oxygen atoms in total. The molecule has 4 aliphatic heterocycles. The molecule has 1 amide bonds. The van der Waals surface area contributed by atoms with E-state index in [1.54, 1.807) is 65.4 Å². The maximum absolute atomic E-state index is 12.7. The van der Waals surface area contributed by atoms with E-state index >= 15 is 0 Å². The lowest BCUT2D eigenvalue weighted by Crippen LogP contribution is -2.19. The normalized spacial score (nSPS) is 16.4. The third kappa shape index (κ3) is 23.4. The zero-order chi connectivity index (χ0) is 101. The molecule has 3 aliphatic carbocycles. The number of hydrogen-bond donors (Lipinski definition) is 5.